The van der Waals surface area contributed by atoms with Crippen LogP contribution in [0.15, 0.2) is 24.3 Å². The van der Waals surface area contributed by atoms with Gasteiger partial charge in [0.05, 0.1) is 0 Å². The molecule has 2 rings (SSSR count). The Hall–Kier alpha value is -1.35. The molecule has 1 aliphatic rings. The molecule has 1 aromatic carbocycles. The topological polar surface area (TPSA) is 55.1 Å². The maximum absolute atomic E-state index is 11.2. The monoisotopic (exact) mass is 190 g/mol. The smallest absolute Gasteiger partial charge is 0.237 e. The van der Waals surface area contributed by atoms with E-state index in [0.29, 0.717) is 5.92 Å². The maximum atomic E-state index is 11.2. The van der Waals surface area contributed by atoms with Gasteiger partial charge in [-0.3, -0.25) is 10.2 Å². The van der Waals surface area contributed by atoms with Gasteiger partial charge < -0.3 is 0 Å². The van der Waals surface area contributed by atoms with E-state index in [-0.39, 0.29) is 11.8 Å². The maximum Gasteiger partial charge on any atom is 0.237 e. The molecule has 0 spiro atoms. The Kier molecular flexibility index (Phi) is 2.25. The van der Waals surface area contributed by atoms with Gasteiger partial charge in [0.2, 0.25) is 5.91 Å². The van der Waals surface area contributed by atoms with Crippen molar-refractivity contribution in [3.05, 3.63) is 35.4 Å². The number of amides is 1. The number of benzene rings is 1. The highest BCUT2D eigenvalue weighted by Crippen LogP contribution is 2.47. The second-order valence-electron chi connectivity index (χ2n) is 3.87. The van der Waals surface area contributed by atoms with E-state index < -0.39 is 0 Å². The fourth-order valence-corrected chi connectivity index (χ4v) is 1.77. The van der Waals surface area contributed by atoms with Crippen LogP contribution in [-0.4, -0.2) is 5.91 Å². The Morgan fingerprint density at radius 3 is 2.64 bits per heavy atom. The molecule has 0 aliphatic heterocycles. The minimum absolute atomic E-state index is 0.0458. The second-order valence-corrected chi connectivity index (χ2v) is 3.87. The van der Waals surface area contributed by atoms with Crippen LogP contribution in [0.1, 0.15) is 23.5 Å². The SMILES string of the molecule is Cc1ccc([C@@H]2C[C@@H]2C(=O)NN)cc1. The molecule has 0 bridgehead atoms. The fraction of sp³-hybridized carbons (Fsp3) is 0.364. The zero-order valence-corrected chi connectivity index (χ0v) is 8.16. The quantitative estimate of drug-likeness (QED) is 0.416. The summed E-state index contributed by atoms with van der Waals surface area (Å²) in [4.78, 5) is 11.2. The minimum atomic E-state index is -0.0458. The molecule has 14 heavy (non-hydrogen) atoms. The van der Waals surface area contributed by atoms with Gasteiger partial charge in [-0.05, 0) is 24.8 Å². The van der Waals surface area contributed by atoms with Gasteiger partial charge in [0.15, 0.2) is 0 Å². The van der Waals surface area contributed by atoms with Crippen LogP contribution in [-0.2, 0) is 4.79 Å². The Balaban J connectivity index is 2.06. The first-order valence-electron chi connectivity index (χ1n) is 4.79. The number of rotatable bonds is 2. The van der Waals surface area contributed by atoms with Crippen LogP contribution in [0.3, 0.4) is 0 Å². The molecule has 74 valence electrons. The Bertz CT molecular complexity index is 345. The molecule has 1 aromatic rings. The van der Waals surface area contributed by atoms with Crippen LogP contribution in [0.25, 0.3) is 0 Å². The van der Waals surface area contributed by atoms with Crippen molar-refractivity contribution in [2.24, 2.45) is 11.8 Å². The van der Waals surface area contributed by atoms with Crippen LogP contribution in [0.2, 0.25) is 0 Å². The molecule has 3 heteroatoms. The van der Waals surface area contributed by atoms with Crippen molar-refractivity contribution < 1.29 is 4.79 Å². The largest absolute Gasteiger partial charge is 0.294 e. The summed E-state index contributed by atoms with van der Waals surface area (Å²) >= 11 is 0. The average molecular weight is 190 g/mol. The number of hydrazine groups is 1. The van der Waals surface area contributed by atoms with Gasteiger partial charge >= 0.3 is 0 Å². The summed E-state index contributed by atoms with van der Waals surface area (Å²) in [5.41, 5.74) is 4.68. The van der Waals surface area contributed by atoms with E-state index in [4.69, 9.17) is 5.84 Å². The normalized spacial score (nSPS) is 24.4. The third-order valence-electron chi connectivity index (χ3n) is 2.77. The zero-order valence-electron chi connectivity index (χ0n) is 8.16. The van der Waals surface area contributed by atoms with Crippen LogP contribution < -0.4 is 11.3 Å². The lowest BCUT2D eigenvalue weighted by molar-refractivity contribution is -0.122. The summed E-state index contributed by atoms with van der Waals surface area (Å²) in [5.74, 6) is 5.49. The molecule has 3 nitrogen and oxygen atoms in total. The third kappa shape index (κ3) is 1.63. The number of nitrogens with two attached hydrogens (primary N) is 1. The summed E-state index contributed by atoms with van der Waals surface area (Å²) in [6, 6.07) is 8.32. The van der Waals surface area contributed by atoms with Crippen molar-refractivity contribution in [2.45, 2.75) is 19.3 Å². The minimum Gasteiger partial charge on any atom is -0.294 e. The fourth-order valence-electron chi connectivity index (χ4n) is 1.77. The predicted molar refractivity (Wildman–Crippen MR) is 54.4 cm³/mol. The highest BCUT2D eigenvalue weighted by Gasteiger charge is 2.43. The summed E-state index contributed by atoms with van der Waals surface area (Å²) in [7, 11) is 0. The number of carbonyl (C=O) groups is 1. The van der Waals surface area contributed by atoms with Gasteiger partial charge in [0.25, 0.3) is 0 Å². The van der Waals surface area contributed by atoms with Crippen molar-refractivity contribution in [3.63, 3.8) is 0 Å². The van der Waals surface area contributed by atoms with Crippen LogP contribution in [0, 0.1) is 12.8 Å². The van der Waals surface area contributed by atoms with Gasteiger partial charge in [0, 0.05) is 5.92 Å². The predicted octanol–water partition coefficient (Wildman–Crippen LogP) is 1.09. The second kappa shape index (κ2) is 3.42. The number of nitrogens with one attached hydrogen (secondary N) is 1. The summed E-state index contributed by atoms with van der Waals surface area (Å²) in [6.45, 7) is 2.06. The molecule has 0 unspecified atom stereocenters. The Labute approximate surface area is 83.3 Å². The van der Waals surface area contributed by atoms with Gasteiger partial charge in [-0.2, -0.15) is 0 Å². The Morgan fingerprint density at radius 2 is 2.07 bits per heavy atom. The van der Waals surface area contributed by atoms with E-state index in [0.717, 1.165) is 6.42 Å². The van der Waals surface area contributed by atoms with Crippen molar-refractivity contribution in [1.29, 1.82) is 0 Å². The van der Waals surface area contributed by atoms with E-state index in [1.165, 1.54) is 11.1 Å². The van der Waals surface area contributed by atoms with Crippen LogP contribution in [0.4, 0.5) is 0 Å². The molecule has 2 atom stereocenters. The van der Waals surface area contributed by atoms with Crippen LogP contribution >= 0.6 is 0 Å². The van der Waals surface area contributed by atoms with E-state index in [1.54, 1.807) is 0 Å². The highest BCUT2D eigenvalue weighted by molar-refractivity contribution is 5.82. The molecule has 1 fully saturated rings. The molecule has 1 saturated carbocycles. The molecular weight excluding hydrogens is 176 g/mol. The van der Waals surface area contributed by atoms with Gasteiger partial charge in [-0.25, -0.2) is 5.84 Å². The van der Waals surface area contributed by atoms with Crippen molar-refractivity contribution in [2.75, 3.05) is 0 Å². The first-order valence-corrected chi connectivity index (χ1v) is 4.79. The van der Waals surface area contributed by atoms with Crippen LogP contribution in [0.5, 0.6) is 0 Å². The van der Waals surface area contributed by atoms with Gasteiger partial charge in [-0.15, -0.1) is 0 Å². The number of hydrogen-bond donors (Lipinski definition) is 2. The molecule has 0 aromatic heterocycles. The first kappa shape index (κ1) is 9.21. The van der Waals surface area contributed by atoms with Gasteiger partial charge in [0.1, 0.15) is 0 Å². The van der Waals surface area contributed by atoms with E-state index in [2.05, 4.69) is 36.6 Å². The lowest BCUT2D eigenvalue weighted by Crippen LogP contribution is -2.31. The summed E-state index contributed by atoms with van der Waals surface area (Å²) in [6.07, 6.45) is 0.923. The molecule has 1 amide bonds. The molecule has 0 saturated heterocycles. The number of aryl methyl sites for hydroxylation is 1. The standard InChI is InChI=1S/C11H14N2O/c1-7-2-4-8(5-3-7)9-6-10(9)11(14)13-12/h2-5,9-10H,6,12H2,1H3,(H,13,14)/t9-,10-/m0/s1. The third-order valence-corrected chi connectivity index (χ3v) is 2.77. The number of hydrogen-bond acceptors (Lipinski definition) is 2. The lowest BCUT2D eigenvalue weighted by Gasteiger charge is -2.00. The van der Waals surface area contributed by atoms with E-state index >= 15 is 0 Å². The summed E-state index contributed by atoms with van der Waals surface area (Å²) in [5, 5.41) is 0. The van der Waals surface area contributed by atoms with Crippen molar-refractivity contribution in [3.8, 4) is 0 Å². The first-order chi connectivity index (χ1) is 6.72. The van der Waals surface area contributed by atoms with Gasteiger partial charge in [-0.1, -0.05) is 29.8 Å². The summed E-state index contributed by atoms with van der Waals surface area (Å²) < 4.78 is 0. The highest BCUT2D eigenvalue weighted by atomic mass is 16.2. The Morgan fingerprint density at radius 1 is 1.43 bits per heavy atom. The van der Waals surface area contributed by atoms with Crippen molar-refractivity contribution >= 4 is 5.91 Å². The van der Waals surface area contributed by atoms with Crippen molar-refractivity contribution in [1.82, 2.24) is 5.43 Å². The molecule has 0 radical (unpaired) electrons. The lowest BCUT2D eigenvalue weighted by atomic mass is 10.1. The average Bonchev–Trinajstić information content (AvgIpc) is 2.98. The molecular formula is C11H14N2O. The van der Waals surface area contributed by atoms with E-state index in [9.17, 15) is 4.79 Å². The molecule has 0 heterocycles. The molecule has 1 aliphatic carbocycles. The molecule has 3 N–H and O–H groups in total. The zero-order chi connectivity index (χ0) is 10.1. The number of carbonyl (C=O) groups excluding carboxylic acids is 1. The van der Waals surface area contributed by atoms with E-state index in [1.807, 2.05) is 0 Å².